The van der Waals surface area contributed by atoms with Crippen LogP contribution in [0.3, 0.4) is 0 Å². The molecule has 1 amide bonds. The molecule has 1 aliphatic heterocycles. The van der Waals surface area contributed by atoms with Gasteiger partial charge in [-0.3, -0.25) is 15.0 Å². The lowest BCUT2D eigenvalue weighted by molar-refractivity contribution is -0.121. The predicted octanol–water partition coefficient (Wildman–Crippen LogP) is 3.74. The summed E-state index contributed by atoms with van der Waals surface area (Å²) < 4.78 is 18.3. The highest BCUT2D eigenvalue weighted by molar-refractivity contribution is 5.92. The van der Waals surface area contributed by atoms with Crippen LogP contribution in [-0.2, 0) is 4.79 Å². The number of carbonyl (C=O) groups excluding carboxylic acids is 1. The molecule has 3 aromatic rings. The fourth-order valence-corrected chi connectivity index (χ4v) is 4.39. The Balaban J connectivity index is 1.25. The number of aryl methyl sites for hydroxylation is 1. The van der Waals surface area contributed by atoms with Gasteiger partial charge < -0.3 is 4.42 Å². The van der Waals surface area contributed by atoms with Gasteiger partial charge in [-0.15, -0.1) is 0 Å². The number of rotatable bonds is 5. The average molecular weight is 409 g/mol. The molecule has 0 radical (unpaired) electrons. The number of carbonyl (C=O) groups is 1. The number of alkyl halides is 1. The summed E-state index contributed by atoms with van der Waals surface area (Å²) >= 11 is 0. The molecule has 2 fully saturated rings. The van der Waals surface area contributed by atoms with E-state index < -0.39 is 0 Å². The summed E-state index contributed by atoms with van der Waals surface area (Å²) in [5.41, 5.74) is 1.61. The van der Waals surface area contributed by atoms with E-state index >= 15 is 0 Å². The molecule has 2 atom stereocenters. The molecule has 1 aromatic carbocycles. The van der Waals surface area contributed by atoms with Gasteiger partial charge in [-0.2, -0.15) is 0 Å². The van der Waals surface area contributed by atoms with Crippen molar-refractivity contribution in [2.24, 2.45) is 5.92 Å². The van der Waals surface area contributed by atoms with E-state index in [0.29, 0.717) is 23.6 Å². The zero-order chi connectivity index (χ0) is 20.7. The maximum absolute atomic E-state index is 12.7. The van der Waals surface area contributed by atoms with Crippen molar-refractivity contribution in [1.29, 1.82) is 0 Å². The van der Waals surface area contributed by atoms with Crippen LogP contribution in [0.5, 0.6) is 0 Å². The lowest BCUT2D eigenvalue weighted by Crippen LogP contribution is -2.33. The van der Waals surface area contributed by atoms with Crippen LogP contribution in [0.2, 0.25) is 0 Å². The number of amides is 1. The Hall–Kier alpha value is -2.87. The van der Waals surface area contributed by atoms with E-state index in [-0.39, 0.29) is 24.5 Å². The molecule has 2 aromatic heterocycles. The minimum Gasteiger partial charge on any atom is -0.441 e. The molecule has 1 N–H and O–H groups in total. The van der Waals surface area contributed by atoms with Gasteiger partial charge in [0.05, 0.1) is 17.8 Å². The Morgan fingerprint density at radius 3 is 2.77 bits per heavy atom. The molecule has 0 spiro atoms. The summed E-state index contributed by atoms with van der Waals surface area (Å²) in [6, 6.07) is 6.30. The highest BCUT2D eigenvalue weighted by atomic mass is 19.1. The highest BCUT2D eigenvalue weighted by Crippen LogP contribution is 2.34. The predicted molar refractivity (Wildman–Crippen MR) is 111 cm³/mol. The van der Waals surface area contributed by atoms with E-state index in [2.05, 4.69) is 25.2 Å². The van der Waals surface area contributed by atoms with Crippen molar-refractivity contribution in [3.05, 3.63) is 36.5 Å². The number of fused-ring (bicyclic) bond motifs is 1. The van der Waals surface area contributed by atoms with Gasteiger partial charge >= 0.3 is 0 Å². The SMILES string of the molecule is Cc1ncc(-c2ccc3cnc(NC(=O)C4CCC(N5CC5CF)CC4)nc3c2)o1. The summed E-state index contributed by atoms with van der Waals surface area (Å²) in [5.74, 6) is 1.50. The largest absolute Gasteiger partial charge is 0.441 e. The van der Waals surface area contributed by atoms with Crippen LogP contribution in [0.4, 0.5) is 10.3 Å². The molecule has 7 nitrogen and oxygen atoms in total. The second-order valence-electron chi connectivity index (χ2n) is 8.21. The Kier molecular flexibility index (Phi) is 4.94. The summed E-state index contributed by atoms with van der Waals surface area (Å²) in [4.78, 5) is 27.9. The Morgan fingerprint density at radius 2 is 2.07 bits per heavy atom. The molecule has 1 saturated heterocycles. The van der Waals surface area contributed by atoms with Gasteiger partial charge in [0.15, 0.2) is 11.7 Å². The molecular weight excluding hydrogens is 385 g/mol. The maximum atomic E-state index is 12.7. The maximum Gasteiger partial charge on any atom is 0.229 e. The van der Waals surface area contributed by atoms with Crippen LogP contribution in [0.1, 0.15) is 31.6 Å². The monoisotopic (exact) mass is 409 g/mol. The van der Waals surface area contributed by atoms with E-state index in [1.54, 1.807) is 19.3 Å². The fourth-order valence-electron chi connectivity index (χ4n) is 4.39. The van der Waals surface area contributed by atoms with Crippen molar-refractivity contribution in [3.8, 4) is 11.3 Å². The Labute approximate surface area is 173 Å². The van der Waals surface area contributed by atoms with Crippen LogP contribution in [0.15, 0.2) is 35.0 Å². The number of aromatic nitrogens is 3. The first kappa shape index (κ1) is 19.1. The van der Waals surface area contributed by atoms with Crippen LogP contribution in [0.25, 0.3) is 22.2 Å². The number of nitrogens with one attached hydrogen (secondary N) is 1. The van der Waals surface area contributed by atoms with Crippen molar-refractivity contribution in [1.82, 2.24) is 19.9 Å². The van der Waals surface area contributed by atoms with Crippen LogP contribution in [-0.4, -0.2) is 51.1 Å². The molecule has 30 heavy (non-hydrogen) atoms. The lowest BCUT2D eigenvalue weighted by atomic mass is 9.85. The molecule has 5 rings (SSSR count). The number of hydrogen-bond acceptors (Lipinski definition) is 6. The first-order valence-electron chi connectivity index (χ1n) is 10.4. The minimum atomic E-state index is -0.266. The van der Waals surface area contributed by atoms with Gasteiger partial charge in [-0.25, -0.2) is 19.3 Å². The van der Waals surface area contributed by atoms with Crippen molar-refractivity contribution in [2.45, 2.75) is 44.7 Å². The lowest BCUT2D eigenvalue weighted by Gasteiger charge is -2.28. The highest BCUT2D eigenvalue weighted by Gasteiger charge is 2.41. The Bertz CT molecular complexity index is 1080. The van der Waals surface area contributed by atoms with Crippen LogP contribution < -0.4 is 5.32 Å². The van der Waals surface area contributed by atoms with Gasteiger partial charge in [0.25, 0.3) is 0 Å². The second kappa shape index (κ2) is 7.75. The van der Waals surface area contributed by atoms with Crippen molar-refractivity contribution < 1.29 is 13.6 Å². The molecule has 0 bridgehead atoms. The van der Waals surface area contributed by atoms with E-state index in [9.17, 15) is 9.18 Å². The third-order valence-electron chi connectivity index (χ3n) is 6.20. The van der Waals surface area contributed by atoms with Gasteiger partial charge in [-0.05, 0) is 31.7 Å². The van der Waals surface area contributed by atoms with Crippen molar-refractivity contribution in [2.75, 3.05) is 18.5 Å². The summed E-state index contributed by atoms with van der Waals surface area (Å²) in [5, 5.41) is 3.76. The summed E-state index contributed by atoms with van der Waals surface area (Å²) in [6.07, 6.45) is 6.90. The van der Waals surface area contributed by atoms with E-state index in [4.69, 9.17) is 4.42 Å². The van der Waals surface area contributed by atoms with Crippen molar-refractivity contribution >= 4 is 22.8 Å². The molecule has 1 saturated carbocycles. The molecule has 2 aliphatic rings. The number of hydrogen-bond donors (Lipinski definition) is 1. The van der Waals surface area contributed by atoms with Gasteiger partial charge in [0, 0.05) is 42.6 Å². The third kappa shape index (κ3) is 3.79. The number of benzene rings is 1. The molecule has 3 heterocycles. The van der Waals surface area contributed by atoms with E-state index in [1.807, 2.05) is 18.2 Å². The molecular formula is C22H24FN5O2. The Morgan fingerprint density at radius 1 is 1.23 bits per heavy atom. The zero-order valence-corrected chi connectivity index (χ0v) is 16.8. The minimum absolute atomic E-state index is 0.0392. The first-order valence-corrected chi connectivity index (χ1v) is 10.4. The van der Waals surface area contributed by atoms with E-state index in [1.165, 1.54) is 0 Å². The quantitative estimate of drug-likeness (QED) is 0.646. The first-order chi connectivity index (χ1) is 14.6. The second-order valence-corrected chi connectivity index (χ2v) is 8.21. The number of anilines is 1. The fraction of sp³-hybridized carbons (Fsp3) is 0.455. The molecule has 156 valence electrons. The molecule has 1 aliphatic carbocycles. The average Bonchev–Trinajstić information content (AvgIpc) is 3.44. The van der Waals surface area contributed by atoms with Gasteiger partial charge in [-0.1, -0.05) is 12.1 Å². The normalized spacial score (nSPS) is 25.9. The number of oxazole rings is 1. The standard InChI is InChI=1S/C22H24FN5O2/c1-13-24-11-20(30-13)15-2-3-16-10-25-22(26-19(16)8-15)27-21(29)14-4-6-17(7-5-14)28-12-18(28)9-23/h2-3,8,10-11,14,17-18H,4-7,9,12H2,1H3,(H,25,26,27,29). The van der Waals surface area contributed by atoms with Crippen LogP contribution in [0, 0.1) is 12.8 Å². The smallest absolute Gasteiger partial charge is 0.229 e. The van der Waals surface area contributed by atoms with Crippen LogP contribution >= 0.6 is 0 Å². The third-order valence-corrected chi connectivity index (χ3v) is 6.20. The van der Waals surface area contributed by atoms with Crippen molar-refractivity contribution in [3.63, 3.8) is 0 Å². The summed E-state index contributed by atoms with van der Waals surface area (Å²) in [7, 11) is 0. The molecule has 2 unspecified atom stereocenters. The molecule has 8 heteroatoms. The summed E-state index contributed by atoms with van der Waals surface area (Å²) in [6.45, 7) is 2.39. The topological polar surface area (TPSA) is 83.9 Å². The van der Waals surface area contributed by atoms with E-state index in [0.717, 1.165) is 48.7 Å². The zero-order valence-electron chi connectivity index (χ0n) is 16.8. The van der Waals surface area contributed by atoms with Gasteiger partial charge in [0.2, 0.25) is 11.9 Å². The number of nitrogens with zero attached hydrogens (tertiary/aromatic N) is 4. The number of halogens is 1. The van der Waals surface area contributed by atoms with Gasteiger partial charge in [0.1, 0.15) is 6.67 Å².